The molecule has 1 aromatic carbocycles. The highest BCUT2D eigenvalue weighted by molar-refractivity contribution is 14.1. The van der Waals surface area contributed by atoms with Gasteiger partial charge in [-0.15, -0.1) is 0 Å². The maximum absolute atomic E-state index is 13.1. The summed E-state index contributed by atoms with van der Waals surface area (Å²) in [6, 6.07) is -0.409. The molecule has 0 aliphatic heterocycles. The van der Waals surface area contributed by atoms with Crippen LogP contribution in [0.4, 0.5) is 0 Å². The summed E-state index contributed by atoms with van der Waals surface area (Å²) in [5.41, 5.74) is 5.75. The predicted molar refractivity (Wildman–Crippen MR) is 115 cm³/mol. The van der Waals surface area contributed by atoms with Gasteiger partial charge < -0.3 is 31.1 Å². The first kappa shape index (κ1) is 23.2. The Bertz CT molecular complexity index is 638. The molecular formula is C14H17I3N2O6. The van der Waals surface area contributed by atoms with Gasteiger partial charge in [0.25, 0.3) is 11.8 Å². The molecule has 25 heavy (non-hydrogen) atoms. The second-order valence-corrected chi connectivity index (χ2v) is 8.42. The van der Waals surface area contributed by atoms with Crippen molar-refractivity contribution in [2.24, 2.45) is 5.73 Å². The number of carbonyl (C=O) groups is 2. The molecule has 140 valence electrons. The van der Waals surface area contributed by atoms with E-state index in [0.717, 1.165) is 4.90 Å². The van der Waals surface area contributed by atoms with Gasteiger partial charge >= 0.3 is 0 Å². The van der Waals surface area contributed by atoms with Crippen LogP contribution in [0.5, 0.6) is 0 Å². The molecule has 0 fully saturated rings. The van der Waals surface area contributed by atoms with Gasteiger partial charge in [0.15, 0.2) is 0 Å². The Morgan fingerprint density at radius 1 is 0.920 bits per heavy atom. The highest BCUT2D eigenvalue weighted by atomic mass is 127. The first-order chi connectivity index (χ1) is 11.7. The molecule has 0 aliphatic carbocycles. The number of hydrogen-bond acceptors (Lipinski definition) is 6. The summed E-state index contributed by atoms with van der Waals surface area (Å²) >= 11 is 5.72. The average molecular weight is 690 g/mol. The SMILES string of the molecule is NC(=O)c1c(I)cc(I)c(C(=O)N(C(CO)CO)C(CO)CO)c1I. The van der Waals surface area contributed by atoms with Crippen molar-refractivity contribution >= 4 is 79.6 Å². The van der Waals surface area contributed by atoms with Crippen molar-refractivity contribution in [2.75, 3.05) is 26.4 Å². The number of rotatable bonds is 8. The third-order valence-corrected chi connectivity index (χ3v) is 6.27. The van der Waals surface area contributed by atoms with E-state index in [2.05, 4.69) is 0 Å². The van der Waals surface area contributed by atoms with Crippen LogP contribution in [0.25, 0.3) is 0 Å². The summed E-state index contributed by atoms with van der Waals surface area (Å²) < 4.78 is 1.46. The Hall–Kier alpha value is 0.190. The number of nitrogens with two attached hydrogens (primary N) is 1. The summed E-state index contributed by atoms with van der Waals surface area (Å²) in [5.74, 6) is -1.32. The minimum absolute atomic E-state index is 0.161. The van der Waals surface area contributed by atoms with E-state index in [4.69, 9.17) is 5.73 Å². The number of hydrogen-bond donors (Lipinski definition) is 5. The second-order valence-electron chi connectivity index (χ2n) is 5.02. The molecule has 0 saturated heterocycles. The van der Waals surface area contributed by atoms with Gasteiger partial charge in [-0.2, -0.15) is 0 Å². The zero-order valence-electron chi connectivity index (χ0n) is 12.8. The number of nitrogens with zero attached hydrogens (tertiary/aromatic N) is 1. The highest BCUT2D eigenvalue weighted by Gasteiger charge is 2.33. The maximum atomic E-state index is 13.1. The molecule has 0 bridgehead atoms. The molecule has 0 radical (unpaired) electrons. The summed E-state index contributed by atoms with van der Waals surface area (Å²) in [4.78, 5) is 25.9. The summed E-state index contributed by atoms with van der Waals surface area (Å²) in [6.45, 7) is -2.23. The maximum Gasteiger partial charge on any atom is 0.256 e. The van der Waals surface area contributed by atoms with Crippen LogP contribution in [0, 0.1) is 10.7 Å². The zero-order chi connectivity index (χ0) is 19.3. The fraction of sp³-hybridized carbons (Fsp3) is 0.429. The fourth-order valence-electron chi connectivity index (χ4n) is 2.24. The Morgan fingerprint density at radius 2 is 1.32 bits per heavy atom. The van der Waals surface area contributed by atoms with E-state index in [-0.39, 0.29) is 11.1 Å². The topological polar surface area (TPSA) is 144 Å². The number of aliphatic hydroxyl groups excluding tert-OH is 4. The van der Waals surface area contributed by atoms with Crippen molar-refractivity contribution in [2.45, 2.75) is 12.1 Å². The Kier molecular flexibility index (Phi) is 9.76. The van der Waals surface area contributed by atoms with Gasteiger partial charge in [-0.05, 0) is 73.8 Å². The molecule has 0 spiro atoms. The van der Waals surface area contributed by atoms with Crippen molar-refractivity contribution in [1.29, 1.82) is 0 Å². The molecule has 1 aromatic rings. The molecule has 1 rings (SSSR count). The normalized spacial score (nSPS) is 11.2. The quantitative estimate of drug-likeness (QED) is 0.238. The van der Waals surface area contributed by atoms with Crippen molar-refractivity contribution in [3.05, 3.63) is 27.9 Å². The second kappa shape index (κ2) is 10.5. The van der Waals surface area contributed by atoms with Crippen LogP contribution < -0.4 is 5.73 Å². The van der Waals surface area contributed by atoms with Gasteiger partial charge in [0.05, 0.1) is 49.6 Å². The van der Waals surface area contributed by atoms with E-state index in [0.29, 0.717) is 10.7 Å². The van der Waals surface area contributed by atoms with Crippen molar-refractivity contribution < 1.29 is 30.0 Å². The zero-order valence-corrected chi connectivity index (χ0v) is 19.3. The van der Waals surface area contributed by atoms with Crippen molar-refractivity contribution in [3.8, 4) is 0 Å². The fourth-order valence-corrected chi connectivity index (χ4v) is 6.60. The molecule has 8 nitrogen and oxygen atoms in total. The van der Waals surface area contributed by atoms with Gasteiger partial charge in [-0.1, -0.05) is 0 Å². The standard InChI is InChI=1S/C14H17I3N2O6/c15-8-1-9(16)11(12(17)10(8)13(18)24)14(25)19(6(2-20)3-21)7(4-22)5-23/h1,6-7,20-23H,2-5H2,(H2,18,24). The van der Waals surface area contributed by atoms with Crippen LogP contribution in [0.3, 0.4) is 0 Å². The van der Waals surface area contributed by atoms with Crippen LogP contribution in [0.15, 0.2) is 6.07 Å². The predicted octanol–water partition coefficient (Wildman–Crippen LogP) is -0.252. The summed E-state index contributed by atoms with van der Waals surface area (Å²) in [5, 5.41) is 37.8. The lowest BCUT2D eigenvalue weighted by Crippen LogP contribution is -2.53. The first-order valence-electron chi connectivity index (χ1n) is 6.98. The lowest BCUT2D eigenvalue weighted by molar-refractivity contribution is 0.00527. The lowest BCUT2D eigenvalue weighted by atomic mass is 10.1. The van der Waals surface area contributed by atoms with Gasteiger partial charge in [-0.3, -0.25) is 9.59 Å². The van der Waals surface area contributed by atoms with Crippen LogP contribution >= 0.6 is 67.8 Å². The summed E-state index contributed by atoms with van der Waals surface area (Å²) in [6.07, 6.45) is 0. The number of benzene rings is 1. The molecule has 0 aromatic heterocycles. The molecule has 0 unspecified atom stereocenters. The third kappa shape index (κ3) is 5.13. The monoisotopic (exact) mass is 690 g/mol. The van der Waals surface area contributed by atoms with Crippen LogP contribution in [-0.4, -0.2) is 75.7 Å². The number of halogens is 3. The average Bonchev–Trinajstić information content (AvgIpc) is 2.54. The number of aliphatic hydroxyl groups is 4. The van der Waals surface area contributed by atoms with E-state index in [1.54, 1.807) is 6.07 Å². The van der Waals surface area contributed by atoms with E-state index >= 15 is 0 Å². The van der Waals surface area contributed by atoms with Crippen LogP contribution in [0.1, 0.15) is 20.7 Å². The van der Waals surface area contributed by atoms with E-state index in [1.807, 2.05) is 67.8 Å². The Balaban J connectivity index is 3.57. The number of primary amides is 1. The molecule has 0 aliphatic rings. The third-order valence-electron chi connectivity index (χ3n) is 3.49. The molecule has 11 heteroatoms. The highest BCUT2D eigenvalue weighted by Crippen LogP contribution is 2.29. The van der Waals surface area contributed by atoms with E-state index < -0.39 is 50.3 Å². The van der Waals surface area contributed by atoms with Gasteiger partial charge in [-0.25, -0.2) is 0 Å². The first-order valence-corrected chi connectivity index (χ1v) is 10.2. The number of carbonyl (C=O) groups excluding carboxylic acids is 2. The van der Waals surface area contributed by atoms with Crippen molar-refractivity contribution in [1.82, 2.24) is 4.90 Å². The molecule has 6 N–H and O–H groups in total. The Morgan fingerprint density at radius 3 is 1.68 bits per heavy atom. The minimum Gasteiger partial charge on any atom is -0.394 e. The molecule has 2 amide bonds. The molecule has 0 atom stereocenters. The molecule has 0 saturated carbocycles. The smallest absolute Gasteiger partial charge is 0.256 e. The largest absolute Gasteiger partial charge is 0.394 e. The Labute approximate surface area is 185 Å². The number of amides is 2. The lowest BCUT2D eigenvalue weighted by Gasteiger charge is -2.35. The van der Waals surface area contributed by atoms with Crippen LogP contribution in [0.2, 0.25) is 0 Å². The van der Waals surface area contributed by atoms with Crippen LogP contribution in [-0.2, 0) is 0 Å². The van der Waals surface area contributed by atoms with Crippen molar-refractivity contribution in [3.63, 3.8) is 0 Å². The van der Waals surface area contributed by atoms with Gasteiger partial charge in [0.2, 0.25) is 0 Å². The van der Waals surface area contributed by atoms with Gasteiger partial charge in [0, 0.05) is 10.7 Å². The molecular weight excluding hydrogens is 673 g/mol. The van der Waals surface area contributed by atoms with E-state index in [1.165, 1.54) is 0 Å². The van der Waals surface area contributed by atoms with E-state index in [9.17, 15) is 30.0 Å². The van der Waals surface area contributed by atoms with Gasteiger partial charge in [0.1, 0.15) is 0 Å². The summed E-state index contributed by atoms with van der Waals surface area (Å²) in [7, 11) is 0. The minimum atomic E-state index is -1.01. The molecule has 0 heterocycles.